The van der Waals surface area contributed by atoms with Gasteiger partial charge in [-0.15, -0.1) is 0 Å². The molecular formula is C14H25N. The predicted molar refractivity (Wildman–Crippen MR) is 63.7 cm³/mol. The van der Waals surface area contributed by atoms with Crippen LogP contribution in [0.15, 0.2) is 0 Å². The molecule has 3 saturated carbocycles. The maximum atomic E-state index is 3.87. The van der Waals surface area contributed by atoms with Gasteiger partial charge in [0.1, 0.15) is 0 Å². The first-order valence-corrected chi connectivity index (χ1v) is 6.77. The maximum absolute atomic E-state index is 3.87. The van der Waals surface area contributed by atoms with Crippen molar-refractivity contribution >= 4 is 0 Å². The van der Waals surface area contributed by atoms with E-state index in [0.29, 0.717) is 10.8 Å². The molecule has 1 N–H and O–H groups in total. The van der Waals surface area contributed by atoms with Crippen LogP contribution in [-0.2, 0) is 0 Å². The first-order chi connectivity index (χ1) is 7.04. The zero-order valence-corrected chi connectivity index (χ0v) is 10.5. The molecule has 0 spiro atoms. The molecule has 0 amide bonds. The van der Waals surface area contributed by atoms with Crippen LogP contribution in [0, 0.1) is 22.7 Å². The summed E-state index contributed by atoms with van der Waals surface area (Å²) in [4.78, 5) is 0. The molecule has 0 heterocycles. The van der Waals surface area contributed by atoms with Gasteiger partial charge in [0.05, 0.1) is 0 Å². The van der Waals surface area contributed by atoms with Gasteiger partial charge in [-0.1, -0.05) is 20.8 Å². The lowest BCUT2D eigenvalue weighted by Crippen LogP contribution is -2.45. The molecule has 3 aliphatic carbocycles. The van der Waals surface area contributed by atoms with E-state index in [4.69, 9.17) is 0 Å². The first kappa shape index (κ1) is 10.1. The highest BCUT2D eigenvalue weighted by atomic mass is 15.0. The van der Waals surface area contributed by atoms with Crippen molar-refractivity contribution in [1.29, 1.82) is 0 Å². The van der Waals surface area contributed by atoms with Crippen molar-refractivity contribution in [2.24, 2.45) is 22.7 Å². The minimum atomic E-state index is 0.576. The Kier molecular flexibility index (Phi) is 2.03. The molecule has 15 heavy (non-hydrogen) atoms. The average molecular weight is 207 g/mol. The molecule has 3 fully saturated rings. The van der Waals surface area contributed by atoms with Crippen LogP contribution in [0.4, 0.5) is 0 Å². The van der Waals surface area contributed by atoms with Crippen molar-refractivity contribution in [3.8, 4) is 0 Å². The average Bonchev–Trinajstić information content (AvgIpc) is 2.93. The molecule has 1 heteroatoms. The minimum Gasteiger partial charge on any atom is -0.313 e. The van der Waals surface area contributed by atoms with E-state index in [1.807, 2.05) is 0 Å². The van der Waals surface area contributed by atoms with Gasteiger partial charge in [-0.2, -0.15) is 0 Å². The van der Waals surface area contributed by atoms with Crippen molar-refractivity contribution in [3.05, 3.63) is 0 Å². The standard InChI is InChI=1S/C14H25N/c1-13(2)11-6-7-14(13,3)12(8-11)15-9-10-4-5-10/h10-12,15H,4-9H2,1-3H3. The smallest absolute Gasteiger partial charge is 0.0129 e. The van der Waals surface area contributed by atoms with Gasteiger partial charge in [0, 0.05) is 6.04 Å². The normalized spacial score (nSPS) is 47.4. The molecule has 3 aliphatic rings. The highest BCUT2D eigenvalue weighted by molar-refractivity contribution is 5.13. The lowest BCUT2D eigenvalue weighted by atomic mass is 9.69. The summed E-state index contributed by atoms with van der Waals surface area (Å²) in [6.07, 6.45) is 7.32. The van der Waals surface area contributed by atoms with Gasteiger partial charge in [-0.05, 0) is 61.3 Å². The van der Waals surface area contributed by atoms with Crippen LogP contribution in [0.1, 0.15) is 52.9 Å². The Hall–Kier alpha value is -0.0400. The highest BCUT2D eigenvalue weighted by Gasteiger charge is 2.61. The first-order valence-electron chi connectivity index (χ1n) is 6.77. The molecule has 0 aromatic heterocycles. The Labute approximate surface area is 94.0 Å². The third-order valence-electron chi connectivity index (χ3n) is 6.14. The largest absolute Gasteiger partial charge is 0.313 e. The molecule has 1 nitrogen and oxygen atoms in total. The summed E-state index contributed by atoms with van der Waals surface area (Å²) in [7, 11) is 0. The lowest BCUT2D eigenvalue weighted by Gasteiger charge is -2.39. The Morgan fingerprint density at radius 3 is 2.33 bits per heavy atom. The van der Waals surface area contributed by atoms with Gasteiger partial charge < -0.3 is 5.32 Å². The molecule has 3 unspecified atom stereocenters. The van der Waals surface area contributed by atoms with Crippen LogP contribution < -0.4 is 5.32 Å². The van der Waals surface area contributed by atoms with Crippen LogP contribution in [0.25, 0.3) is 0 Å². The molecule has 0 aromatic carbocycles. The number of hydrogen-bond donors (Lipinski definition) is 1. The monoisotopic (exact) mass is 207 g/mol. The van der Waals surface area contributed by atoms with Crippen LogP contribution in [0.5, 0.6) is 0 Å². The second-order valence-electron chi connectivity index (χ2n) is 7.01. The zero-order chi connectivity index (χ0) is 10.7. The molecule has 86 valence electrons. The minimum absolute atomic E-state index is 0.576. The molecule has 0 saturated heterocycles. The van der Waals surface area contributed by atoms with Crippen LogP contribution in [0.3, 0.4) is 0 Å². The van der Waals surface area contributed by atoms with E-state index >= 15 is 0 Å². The SMILES string of the molecule is CC1(C)C2CCC1(C)C(NCC1CC1)C2. The number of rotatable bonds is 3. The second kappa shape index (κ2) is 3.00. The second-order valence-corrected chi connectivity index (χ2v) is 7.01. The molecule has 0 aromatic rings. The topological polar surface area (TPSA) is 12.0 Å². The molecule has 0 radical (unpaired) electrons. The van der Waals surface area contributed by atoms with Crippen LogP contribution >= 0.6 is 0 Å². The summed E-state index contributed by atoms with van der Waals surface area (Å²) < 4.78 is 0. The van der Waals surface area contributed by atoms with E-state index in [2.05, 4.69) is 26.1 Å². The van der Waals surface area contributed by atoms with Crippen molar-refractivity contribution in [3.63, 3.8) is 0 Å². The summed E-state index contributed by atoms with van der Waals surface area (Å²) in [6.45, 7) is 8.83. The van der Waals surface area contributed by atoms with E-state index in [0.717, 1.165) is 17.9 Å². The fourth-order valence-corrected chi connectivity index (χ4v) is 4.14. The predicted octanol–water partition coefficient (Wildman–Crippen LogP) is 3.20. The van der Waals surface area contributed by atoms with E-state index < -0.39 is 0 Å². The van der Waals surface area contributed by atoms with Gasteiger partial charge in [0.25, 0.3) is 0 Å². The van der Waals surface area contributed by atoms with Gasteiger partial charge in [0.15, 0.2) is 0 Å². The Balaban J connectivity index is 1.70. The van der Waals surface area contributed by atoms with Crippen LogP contribution in [-0.4, -0.2) is 12.6 Å². The Morgan fingerprint density at radius 1 is 1.13 bits per heavy atom. The Morgan fingerprint density at radius 2 is 1.87 bits per heavy atom. The maximum Gasteiger partial charge on any atom is 0.0129 e. The summed E-state index contributed by atoms with van der Waals surface area (Å²) in [5.41, 5.74) is 1.15. The fourth-order valence-electron chi connectivity index (χ4n) is 4.14. The summed E-state index contributed by atoms with van der Waals surface area (Å²) in [6, 6.07) is 0.812. The van der Waals surface area contributed by atoms with E-state index in [1.54, 1.807) is 0 Å². The fraction of sp³-hybridized carbons (Fsp3) is 1.00. The summed E-state index contributed by atoms with van der Waals surface area (Å²) in [5, 5.41) is 3.87. The van der Waals surface area contributed by atoms with Gasteiger partial charge >= 0.3 is 0 Å². The zero-order valence-electron chi connectivity index (χ0n) is 10.5. The van der Waals surface area contributed by atoms with Gasteiger partial charge in [-0.25, -0.2) is 0 Å². The van der Waals surface area contributed by atoms with Crippen molar-refractivity contribution in [1.82, 2.24) is 5.32 Å². The number of hydrogen-bond acceptors (Lipinski definition) is 1. The molecule has 0 aliphatic heterocycles. The van der Waals surface area contributed by atoms with Crippen molar-refractivity contribution in [2.45, 2.75) is 58.9 Å². The third kappa shape index (κ3) is 1.32. The molecule has 3 atom stereocenters. The number of fused-ring (bicyclic) bond motifs is 2. The molecule has 3 rings (SSSR count). The van der Waals surface area contributed by atoms with Gasteiger partial charge in [-0.3, -0.25) is 0 Å². The highest BCUT2D eigenvalue weighted by Crippen LogP contribution is 2.65. The van der Waals surface area contributed by atoms with E-state index in [9.17, 15) is 0 Å². The summed E-state index contributed by atoms with van der Waals surface area (Å²) in [5.74, 6) is 2.01. The molecular weight excluding hydrogens is 182 g/mol. The van der Waals surface area contributed by atoms with E-state index in [-0.39, 0.29) is 0 Å². The van der Waals surface area contributed by atoms with Crippen LogP contribution in [0.2, 0.25) is 0 Å². The quantitative estimate of drug-likeness (QED) is 0.749. The Bertz CT molecular complexity index is 267. The number of nitrogens with one attached hydrogen (secondary N) is 1. The van der Waals surface area contributed by atoms with E-state index in [1.165, 1.54) is 38.6 Å². The van der Waals surface area contributed by atoms with Crippen molar-refractivity contribution < 1.29 is 0 Å². The summed E-state index contributed by atoms with van der Waals surface area (Å²) >= 11 is 0. The molecule has 2 bridgehead atoms. The lowest BCUT2D eigenvalue weighted by molar-refractivity contribution is 0.121. The van der Waals surface area contributed by atoms with Crippen molar-refractivity contribution in [2.75, 3.05) is 6.54 Å². The van der Waals surface area contributed by atoms with Gasteiger partial charge in [0.2, 0.25) is 0 Å². The third-order valence-corrected chi connectivity index (χ3v) is 6.14.